The van der Waals surface area contributed by atoms with Crippen molar-refractivity contribution in [2.75, 3.05) is 24.3 Å². The van der Waals surface area contributed by atoms with E-state index in [2.05, 4.69) is 49.2 Å². The van der Waals surface area contributed by atoms with E-state index < -0.39 is 4.92 Å². The van der Waals surface area contributed by atoms with Crippen LogP contribution < -0.4 is 15.1 Å². The van der Waals surface area contributed by atoms with Crippen molar-refractivity contribution in [1.82, 2.24) is 5.43 Å². The third kappa shape index (κ3) is 5.77. The van der Waals surface area contributed by atoms with E-state index in [0.29, 0.717) is 5.75 Å². The Kier molecular flexibility index (Phi) is 7.98. The lowest BCUT2D eigenvalue weighted by atomic mass is 9.87. The van der Waals surface area contributed by atoms with Crippen LogP contribution in [0.4, 0.5) is 11.4 Å². The van der Waals surface area contributed by atoms with Crippen molar-refractivity contribution in [3.63, 3.8) is 0 Å². The Balaban J connectivity index is 1.70. The van der Waals surface area contributed by atoms with E-state index in [1.54, 1.807) is 25.5 Å². The molecule has 1 aliphatic rings. The Hall–Kier alpha value is -3.33. The number of carbonyl (C=O) groups excluding carboxylic acids is 1. The zero-order valence-corrected chi connectivity index (χ0v) is 20.9. The average Bonchev–Trinajstić information content (AvgIpc) is 2.80. The molecular formula is C25H30N4O4S. The number of nitro groups is 1. The molecular weight excluding hydrogens is 452 g/mol. The number of nitro benzene ring substituents is 1. The molecule has 0 aliphatic carbocycles. The normalized spacial score (nSPS) is 14.5. The molecule has 0 unspecified atom stereocenters. The van der Waals surface area contributed by atoms with E-state index >= 15 is 0 Å². The third-order valence-corrected chi connectivity index (χ3v) is 6.60. The number of allylic oxidation sites excluding steroid dienone is 1. The SMILES string of the molecule is CCCN1c2cc(OC)c(/C=N\NC(=O)CSc3ccc([N+](=O)[O-])cc3)cc2C(C)=CC1(C)C. The number of non-ortho nitro benzene ring substituents is 1. The van der Waals surface area contributed by atoms with Gasteiger partial charge < -0.3 is 9.64 Å². The number of fused-ring (bicyclic) bond motifs is 1. The van der Waals surface area contributed by atoms with E-state index in [-0.39, 0.29) is 22.9 Å². The van der Waals surface area contributed by atoms with E-state index in [9.17, 15) is 14.9 Å². The summed E-state index contributed by atoms with van der Waals surface area (Å²) >= 11 is 1.28. The Labute approximate surface area is 204 Å². The summed E-state index contributed by atoms with van der Waals surface area (Å²) in [5.74, 6) is 0.548. The molecule has 8 nitrogen and oxygen atoms in total. The first-order valence-corrected chi connectivity index (χ1v) is 12.0. The van der Waals surface area contributed by atoms with Gasteiger partial charge in [0.15, 0.2) is 0 Å². The maximum absolute atomic E-state index is 12.2. The van der Waals surface area contributed by atoms with Crippen molar-refractivity contribution in [2.45, 2.75) is 44.6 Å². The number of methoxy groups -OCH3 is 1. The molecule has 3 rings (SSSR count). The smallest absolute Gasteiger partial charge is 0.269 e. The highest BCUT2D eigenvalue weighted by Gasteiger charge is 2.31. The standard InChI is InChI=1S/C25H30N4O4S/c1-6-11-28-22-13-23(33-5)18(12-21(22)17(2)14-25(28,3)4)15-26-27-24(30)16-34-20-9-7-19(8-10-20)29(31)32/h7-10,12-15H,6,11,16H2,1-5H3,(H,27,30)/b26-15-. The molecule has 1 heterocycles. The first kappa shape index (κ1) is 25.3. The highest BCUT2D eigenvalue weighted by atomic mass is 32.2. The molecule has 0 atom stereocenters. The summed E-state index contributed by atoms with van der Waals surface area (Å²) in [4.78, 5) is 25.6. The molecule has 0 radical (unpaired) electrons. The van der Waals surface area contributed by atoms with Crippen LogP contribution in [-0.4, -0.2) is 42.0 Å². The Bertz CT molecular complexity index is 1130. The van der Waals surface area contributed by atoms with Gasteiger partial charge in [0, 0.05) is 46.5 Å². The van der Waals surface area contributed by atoms with Gasteiger partial charge in [-0.25, -0.2) is 5.43 Å². The predicted molar refractivity (Wildman–Crippen MR) is 138 cm³/mol. The van der Waals surface area contributed by atoms with Gasteiger partial charge in [0.2, 0.25) is 5.91 Å². The Morgan fingerprint density at radius 3 is 2.62 bits per heavy atom. The average molecular weight is 483 g/mol. The van der Waals surface area contributed by atoms with Crippen LogP contribution in [0.25, 0.3) is 5.57 Å². The van der Waals surface area contributed by atoms with E-state index in [0.717, 1.165) is 34.7 Å². The summed E-state index contributed by atoms with van der Waals surface area (Å²) in [6.45, 7) is 9.63. The van der Waals surface area contributed by atoms with Gasteiger partial charge in [-0.1, -0.05) is 13.0 Å². The highest BCUT2D eigenvalue weighted by Crippen LogP contribution is 2.41. The topological polar surface area (TPSA) is 97.1 Å². The summed E-state index contributed by atoms with van der Waals surface area (Å²) in [6, 6.07) is 10.2. The largest absolute Gasteiger partial charge is 0.496 e. The van der Waals surface area contributed by atoms with Gasteiger partial charge >= 0.3 is 0 Å². The Morgan fingerprint density at radius 2 is 2.00 bits per heavy atom. The van der Waals surface area contributed by atoms with Crippen LogP contribution in [0.1, 0.15) is 45.2 Å². The van der Waals surface area contributed by atoms with Crippen molar-refractivity contribution < 1.29 is 14.5 Å². The monoisotopic (exact) mass is 482 g/mol. The van der Waals surface area contributed by atoms with Crippen LogP contribution >= 0.6 is 11.8 Å². The molecule has 2 aromatic rings. The van der Waals surface area contributed by atoms with Crippen LogP contribution in [0.3, 0.4) is 0 Å². The lowest BCUT2D eigenvalue weighted by Crippen LogP contribution is -2.45. The minimum absolute atomic E-state index is 0.0175. The zero-order chi connectivity index (χ0) is 24.9. The summed E-state index contributed by atoms with van der Waals surface area (Å²) in [5.41, 5.74) is 6.67. The molecule has 0 saturated carbocycles. The fourth-order valence-electron chi connectivity index (χ4n) is 4.05. The second-order valence-electron chi connectivity index (χ2n) is 8.58. The van der Waals surface area contributed by atoms with Crippen LogP contribution in [0.2, 0.25) is 0 Å². The van der Waals surface area contributed by atoms with Gasteiger partial charge in [-0.2, -0.15) is 5.10 Å². The van der Waals surface area contributed by atoms with Crippen molar-refractivity contribution in [2.24, 2.45) is 5.10 Å². The van der Waals surface area contributed by atoms with E-state index in [1.807, 2.05) is 12.1 Å². The quantitative estimate of drug-likeness (QED) is 0.227. The summed E-state index contributed by atoms with van der Waals surface area (Å²) < 4.78 is 5.63. The molecule has 1 aliphatic heterocycles. The van der Waals surface area contributed by atoms with Crippen LogP contribution in [0.5, 0.6) is 5.75 Å². The second kappa shape index (κ2) is 10.7. The number of benzene rings is 2. The molecule has 0 fully saturated rings. The highest BCUT2D eigenvalue weighted by molar-refractivity contribution is 8.00. The predicted octanol–water partition coefficient (Wildman–Crippen LogP) is 5.26. The fraction of sp³-hybridized carbons (Fsp3) is 0.360. The number of nitrogens with one attached hydrogen (secondary N) is 1. The van der Waals surface area contributed by atoms with Gasteiger partial charge in [0.1, 0.15) is 5.75 Å². The number of carbonyl (C=O) groups is 1. The summed E-state index contributed by atoms with van der Waals surface area (Å²) in [6.07, 6.45) is 4.89. The zero-order valence-electron chi connectivity index (χ0n) is 20.1. The number of hydrogen-bond donors (Lipinski definition) is 1. The minimum Gasteiger partial charge on any atom is -0.496 e. The van der Waals surface area contributed by atoms with Gasteiger partial charge in [-0.15, -0.1) is 11.8 Å². The number of hydrazone groups is 1. The minimum atomic E-state index is -0.454. The fourth-order valence-corrected chi connectivity index (χ4v) is 4.74. The van der Waals surface area contributed by atoms with Crippen LogP contribution in [0, 0.1) is 10.1 Å². The maximum atomic E-state index is 12.2. The first-order chi connectivity index (χ1) is 16.2. The molecule has 9 heteroatoms. The molecule has 1 amide bonds. The third-order valence-electron chi connectivity index (χ3n) is 5.59. The van der Waals surface area contributed by atoms with Gasteiger partial charge in [-0.3, -0.25) is 14.9 Å². The van der Waals surface area contributed by atoms with Gasteiger partial charge in [-0.05, 0) is 51.0 Å². The summed E-state index contributed by atoms with van der Waals surface area (Å²) in [5, 5.41) is 14.9. The van der Waals surface area contributed by atoms with Crippen molar-refractivity contribution >= 4 is 40.8 Å². The van der Waals surface area contributed by atoms with Gasteiger partial charge in [0.05, 0.1) is 29.5 Å². The Morgan fingerprint density at radius 1 is 1.29 bits per heavy atom. The number of thioether (sulfide) groups is 1. The molecule has 0 spiro atoms. The molecule has 1 N–H and O–H groups in total. The number of ether oxygens (including phenoxy) is 1. The maximum Gasteiger partial charge on any atom is 0.269 e. The van der Waals surface area contributed by atoms with Gasteiger partial charge in [0.25, 0.3) is 5.69 Å². The number of amides is 1. The second-order valence-corrected chi connectivity index (χ2v) is 9.63. The van der Waals surface area contributed by atoms with Crippen molar-refractivity contribution in [3.05, 3.63) is 63.7 Å². The van der Waals surface area contributed by atoms with Crippen molar-refractivity contribution in [3.8, 4) is 5.75 Å². The first-order valence-electron chi connectivity index (χ1n) is 11.0. The van der Waals surface area contributed by atoms with Crippen LogP contribution in [0.15, 0.2) is 52.5 Å². The van der Waals surface area contributed by atoms with E-state index in [4.69, 9.17) is 4.74 Å². The number of rotatable bonds is 9. The number of hydrogen-bond acceptors (Lipinski definition) is 7. The lowest BCUT2D eigenvalue weighted by molar-refractivity contribution is -0.384. The van der Waals surface area contributed by atoms with E-state index in [1.165, 1.54) is 29.5 Å². The lowest BCUT2D eigenvalue weighted by Gasteiger charge is -2.43. The molecule has 0 aromatic heterocycles. The molecule has 0 saturated heterocycles. The van der Waals surface area contributed by atoms with Crippen molar-refractivity contribution in [1.29, 1.82) is 0 Å². The van der Waals surface area contributed by atoms with Crippen LogP contribution in [-0.2, 0) is 4.79 Å². The molecule has 34 heavy (non-hydrogen) atoms. The number of anilines is 1. The molecule has 2 aromatic carbocycles. The molecule has 180 valence electrons. The number of nitrogens with zero attached hydrogens (tertiary/aromatic N) is 3. The summed E-state index contributed by atoms with van der Waals surface area (Å²) in [7, 11) is 1.62. The molecule has 0 bridgehead atoms.